The van der Waals surface area contributed by atoms with E-state index in [2.05, 4.69) is 0 Å². The van der Waals surface area contributed by atoms with Crippen LogP contribution >= 0.6 is 0 Å². The first kappa shape index (κ1) is 94.7. The Labute approximate surface area is 811 Å². The van der Waals surface area contributed by atoms with Gasteiger partial charge in [0.2, 0.25) is 23.0 Å². The lowest BCUT2D eigenvalue weighted by atomic mass is 9.97. The van der Waals surface area contributed by atoms with Gasteiger partial charge in [0.05, 0.1) is 22.3 Å². The van der Waals surface area contributed by atoms with Gasteiger partial charge in [-0.15, -0.1) is 0 Å². The Morgan fingerprint density at radius 3 is 0.543 bits per heavy atom. The molecule has 17 rings (SSSR count). The van der Waals surface area contributed by atoms with Gasteiger partial charge in [-0.25, -0.2) is 19.2 Å². The first-order valence-electron chi connectivity index (χ1n) is 45.8. The van der Waals surface area contributed by atoms with Gasteiger partial charge in [0.1, 0.15) is 92.0 Å². The maximum atomic E-state index is 16.6. The molecule has 0 unspecified atom stereocenters. The molecule has 16 aromatic rings. The highest BCUT2D eigenvalue weighted by Gasteiger charge is 2.53. The average Bonchev–Trinajstić information content (AvgIpc) is 0.769. The Morgan fingerprint density at radius 2 is 0.357 bits per heavy atom. The molecule has 1 N–H and O–H groups in total. The molecule has 0 bridgehead atoms. The fraction of sp³-hybridized carbons (Fsp3) is 0.153. The zero-order valence-electron chi connectivity index (χ0n) is 76.4. The van der Waals surface area contributed by atoms with E-state index in [-0.39, 0.29) is 171 Å². The minimum Gasteiger partial charge on any atom is -0.485 e. The topological polar surface area (TPSA) is 245 Å². The van der Waals surface area contributed by atoms with Gasteiger partial charge in [0, 0.05) is 0 Å². The van der Waals surface area contributed by atoms with E-state index >= 15 is 19.2 Å². The number of benzene rings is 16. The standard InChI is InChI=1S/C118H100O22/c119-114(94-61-98(124-69-82-37-13-1-14-38-82)107(132-77-90-53-29-9-30-54-90)99(62-94)125-70-83-39-15-2-16-40-83)136-81-106-111(138-115(120)95-63-100(126-71-84-41-17-3-18-42-84)108(133-78-91-55-31-10-32-56-91)101(64-95)127-72-85-43-19-4-20-44-85)112(139-116(121)96-65-102(128-73-86-45-21-5-22-46-86)109(134-79-92-57-33-11-34-58-92)103(66-96)129-74-87-47-23-6-24-48-87)113(118(123)137-106)140-117(122)97-67-104(130-75-88-49-25-7-26-50-88)110(135-80-93-59-35-12-36-60-93)105(68-97)131-76-89-51-27-8-28-52-89/h1-68,106,111-113,118,123H,69-81H2/t106-,111-,112+,113-,118+/m1/s1. The average molecular weight is 1870 g/mol. The Bertz CT molecular complexity index is 6410. The van der Waals surface area contributed by atoms with E-state index in [1.807, 2.05) is 364 Å². The third-order valence-corrected chi connectivity index (χ3v) is 22.5. The van der Waals surface area contributed by atoms with Crippen LogP contribution in [0, 0.1) is 0 Å². The van der Waals surface area contributed by atoms with Gasteiger partial charge in [-0.3, -0.25) is 0 Å². The van der Waals surface area contributed by atoms with Crippen molar-refractivity contribution in [2.24, 2.45) is 0 Å². The van der Waals surface area contributed by atoms with Gasteiger partial charge in [-0.05, 0) is 115 Å². The molecule has 0 aliphatic carbocycles. The number of rotatable bonds is 45. The van der Waals surface area contributed by atoms with Crippen LogP contribution < -0.4 is 56.8 Å². The molecule has 704 valence electrons. The van der Waals surface area contributed by atoms with E-state index < -0.39 is 61.2 Å². The molecule has 1 fully saturated rings. The van der Waals surface area contributed by atoms with Gasteiger partial charge in [0.25, 0.3) is 0 Å². The maximum Gasteiger partial charge on any atom is 0.339 e. The Hall–Kier alpha value is -17.1. The monoisotopic (exact) mass is 1870 g/mol. The van der Waals surface area contributed by atoms with Crippen LogP contribution in [0.25, 0.3) is 0 Å². The molecule has 16 aromatic carbocycles. The smallest absolute Gasteiger partial charge is 0.339 e. The molecular formula is C118H100O22. The van der Waals surface area contributed by atoms with Crippen molar-refractivity contribution in [1.82, 2.24) is 0 Å². The van der Waals surface area contributed by atoms with Crippen molar-refractivity contribution in [3.63, 3.8) is 0 Å². The summed E-state index contributed by atoms with van der Waals surface area (Å²) in [6.07, 6.45) is -10.8. The Kier molecular flexibility index (Phi) is 32.7. The van der Waals surface area contributed by atoms with Crippen molar-refractivity contribution in [1.29, 1.82) is 0 Å². The van der Waals surface area contributed by atoms with Crippen LogP contribution in [0.2, 0.25) is 0 Å². The summed E-state index contributed by atoms with van der Waals surface area (Å²) in [4.78, 5) is 65.1. The summed E-state index contributed by atoms with van der Waals surface area (Å²) in [6, 6.07) is 124. The van der Waals surface area contributed by atoms with Crippen molar-refractivity contribution >= 4 is 23.9 Å². The Morgan fingerprint density at radius 1 is 0.200 bits per heavy atom. The summed E-state index contributed by atoms with van der Waals surface area (Å²) in [5.41, 5.74) is 8.37. The molecule has 22 heteroatoms. The number of carbonyl (C=O) groups is 4. The van der Waals surface area contributed by atoms with Gasteiger partial charge >= 0.3 is 23.9 Å². The third-order valence-electron chi connectivity index (χ3n) is 22.5. The van der Waals surface area contributed by atoms with Crippen molar-refractivity contribution in [2.75, 3.05) is 6.61 Å². The largest absolute Gasteiger partial charge is 0.485 e. The Balaban J connectivity index is 0.818. The summed E-state index contributed by atoms with van der Waals surface area (Å²) >= 11 is 0. The predicted molar refractivity (Wildman–Crippen MR) is 524 cm³/mol. The molecule has 0 amide bonds. The highest BCUT2D eigenvalue weighted by atomic mass is 16.7. The van der Waals surface area contributed by atoms with Crippen LogP contribution in [0.5, 0.6) is 69.0 Å². The minimum atomic E-state index is -2.37. The summed E-state index contributed by atoms with van der Waals surface area (Å²) in [6.45, 7) is -1.05. The van der Waals surface area contributed by atoms with Crippen molar-refractivity contribution in [3.05, 3.63) is 502 Å². The fourth-order valence-electron chi connectivity index (χ4n) is 15.3. The SMILES string of the molecule is O=C(OC[C@H]1O[C@H](O)[C@H](OC(=O)c2cc(OCc3ccccc3)c(OCc3ccccc3)c(OCc3ccccc3)c2)[C@@H](OC(=O)c2cc(OCc3ccccc3)c(OCc3ccccc3)c(OCc3ccccc3)c2)[C@@H]1OC(=O)c1cc(OCc2ccccc2)c(OCc2ccccc2)c(OCc2ccccc2)c1)c1cc(OCc2ccccc2)c(OCc2ccccc2)c(OCc2ccccc2)c1. The zero-order valence-corrected chi connectivity index (χ0v) is 76.4. The number of esters is 4. The molecular weight excluding hydrogens is 1770 g/mol. The molecule has 0 radical (unpaired) electrons. The zero-order chi connectivity index (χ0) is 95.7. The molecule has 140 heavy (non-hydrogen) atoms. The number of aliphatic hydroxyl groups excluding tert-OH is 1. The second-order valence-corrected chi connectivity index (χ2v) is 32.8. The van der Waals surface area contributed by atoms with E-state index in [0.29, 0.717) is 0 Å². The second kappa shape index (κ2) is 48.4. The van der Waals surface area contributed by atoms with Crippen LogP contribution in [0.4, 0.5) is 0 Å². The van der Waals surface area contributed by atoms with E-state index in [4.69, 9.17) is 80.5 Å². The first-order valence-corrected chi connectivity index (χ1v) is 45.8. The maximum absolute atomic E-state index is 16.6. The van der Waals surface area contributed by atoms with Crippen molar-refractivity contribution in [2.45, 2.75) is 110 Å². The summed E-state index contributed by atoms with van der Waals surface area (Å²) in [5, 5.41) is 13.3. The minimum absolute atomic E-state index is 0.00764. The third kappa shape index (κ3) is 26.6. The van der Waals surface area contributed by atoms with E-state index in [9.17, 15) is 5.11 Å². The molecule has 1 aliphatic heterocycles. The highest BCUT2D eigenvalue weighted by Crippen LogP contribution is 2.47. The normalized spacial score (nSPS) is 14.1. The fourth-order valence-corrected chi connectivity index (χ4v) is 15.3. The van der Waals surface area contributed by atoms with E-state index in [0.717, 1.165) is 66.8 Å². The molecule has 0 saturated carbocycles. The van der Waals surface area contributed by atoms with Gasteiger partial charge < -0.3 is 85.6 Å². The van der Waals surface area contributed by atoms with E-state index in [1.54, 1.807) is 0 Å². The number of hydrogen-bond acceptors (Lipinski definition) is 22. The van der Waals surface area contributed by atoms with Crippen LogP contribution in [0.3, 0.4) is 0 Å². The molecule has 5 atom stereocenters. The first-order chi connectivity index (χ1) is 68.9. The lowest BCUT2D eigenvalue weighted by Crippen LogP contribution is -2.62. The van der Waals surface area contributed by atoms with Crippen LogP contribution in [0.1, 0.15) is 108 Å². The molecule has 1 heterocycles. The van der Waals surface area contributed by atoms with Gasteiger partial charge in [0.15, 0.2) is 70.6 Å². The molecule has 1 aliphatic rings. The predicted octanol–water partition coefficient (Wildman–Crippen LogP) is 23.2. The molecule has 0 aromatic heterocycles. The number of hydrogen-bond donors (Lipinski definition) is 1. The molecule has 0 spiro atoms. The molecule has 22 nitrogen and oxygen atoms in total. The van der Waals surface area contributed by atoms with Crippen LogP contribution in [-0.4, -0.2) is 66.3 Å². The lowest BCUT2D eigenvalue weighted by Gasteiger charge is -2.42. The molecule has 1 saturated heterocycles. The second-order valence-electron chi connectivity index (χ2n) is 32.8. The van der Waals surface area contributed by atoms with Gasteiger partial charge in [-0.2, -0.15) is 0 Å². The highest BCUT2D eigenvalue weighted by molar-refractivity contribution is 5.94. The van der Waals surface area contributed by atoms with E-state index in [1.165, 1.54) is 48.5 Å². The quantitative estimate of drug-likeness (QED) is 0.0275. The summed E-state index contributed by atoms with van der Waals surface area (Å²) < 4.78 is 114. The lowest BCUT2D eigenvalue weighted by molar-refractivity contribution is -0.284. The van der Waals surface area contributed by atoms with Crippen molar-refractivity contribution in [3.8, 4) is 69.0 Å². The van der Waals surface area contributed by atoms with Crippen molar-refractivity contribution < 1.29 is 105 Å². The number of carbonyl (C=O) groups excluding carboxylic acids is 4. The summed E-state index contributed by atoms with van der Waals surface area (Å²) in [5.74, 6) is -3.81. The number of ether oxygens (including phenoxy) is 17. The van der Waals surface area contributed by atoms with Crippen LogP contribution in [-0.2, 0) is 103 Å². The number of aliphatic hydroxyl groups is 1. The van der Waals surface area contributed by atoms with Crippen LogP contribution in [0.15, 0.2) is 413 Å². The summed E-state index contributed by atoms with van der Waals surface area (Å²) in [7, 11) is 0. The van der Waals surface area contributed by atoms with Gasteiger partial charge in [-0.1, -0.05) is 364 Å².